The van der Waals surface area contributed by atoms with E-state index in [1.54, 1.807) is 18.2 Å². The largest absolute Gasteiger partial charge is 0.342 e. The van der Waals surface area contributed by atoms with Crippen molar-refractivity contribution in [2.45, 2.75) is 25.2 Å². The monoisotopic (exact) mass is 404 g/mol. The first-order chi connectivity index (χ1) is 14.2. The number of rotatable bonds is 6. The number of ketones is 1. The van der Waals surface area contributed by atoms with Crippen molar-refractivity contribution in [1.29, 1.82) is 0 Å². The van der Waals surface area contributed by atoms with Crippen molar-refractivity contribution in [2.24, 2.45) is 5.92 Å². The predicted octanol–water partition coefficient (Wildman–Crippen LogP) is 5.08. The predicted molar refractivity (Wildman–Crippen MR) is 117 cm³/mol. The van der Waals surface area contributed by atoms with Crippen LogP contribution in [0.4, 0.5) is 0 Å². The van der Waals surface area contributed by atoms with Gasteiger partial charge in [0.05, 0.1) is 16.1 Å². The Morgan fingerprint density at radius 1 is 1.00 bits per heavy atom. The fourth-order valence-electron chi connectivity index (χ4n) is 3.94. The van der Waals surface area contributed by atoms with E-state index >= 15 is 0 Å². The van der Waals surface area contributed by atoms with E-state index in [1.807, 2.05) is 47.4 Å². The third-order valence-corrected chi connectivity index (χ3v) is 6.60. The Morgan fingerprint density at radius 2 is 1.69 bits per heavy atom. The lowest BCUT2D eigenvalue weighted by molar-refractivity contribution is -0.134. The molecule has 2 atom stereocenters. The van der Waals surface area contributed by atoms with E-state index in [0.717, 1.165) is 42.6 Å². The third kappa shape index (κ3) is 4.01. The van der Waals surface area contributed by atoms with Gasteiger partial charge in [-0.25, -0.2) is 4.98 Å². The van der Waals surface area contributed by atoms with Crippen molar-refractivity contribution in [3.63, 3.8) is 0 Å². The topological polar surface area (TPSA) is 50.3 Å². The molecular weight excluding hydrogens is 380 g/mol. The number of aromatic nitrogens is 1. The fraction of sp³-hybridized carbons (Fsp3) is 0.292. The summed E-state index contributed by atoms with van der Waals surface area (Å²) in [5.41, 5.74) is 1.45. The minimum absolute atomic E-state index is 0.0158. The molecule has 5 heteroatoms. The molecule has 2 heterocycles. The van der Waals surface area contributed by atoms with Gasteiger partial charge in [-0.3, -0.25) is 9.59 Å². The minimum Gasteiger partial charge on any atom is -0.342 e. The first kappa shape index (κ1) is 19.5. The summed E-state index contributed by atoms with van der Waals surface area (Å²) >= 11 is 1.50. The molecule has 148 valence electrons. The molecule has 0 unspecified atom stereocenters. The van der Waals surface area contributed by atoms with Crippen molar-refractivity contribution in [3.05, 3.63) is 77.8 Å². The van der Waals surface area contributed by atoms with Gasteiger partial charge in [-0.05, 0) is 31.4 Å². The zero-order valence-electron chi connectivity index (χ0n) is 16.3. The van der Waals surface area contributed by atoms with E-state index in [0.29, 0.717) is 10.6 Å². The molecule has 0 saturated carbocycles. The van der Waals surface area contributed by atoms with Crippen LogP contribution in [0, 0.1) is 5.92 Å². The number of carbonyl (C=O) groups excluding carboxylic acids is 2. The van der Waals surface area contributed by atoms with E-state index in [-0.39, 0.29) is 11.7 Å². The molecule has 0 N–H and O–H groups in total. The molecule has 1 aliphatic heterocycles. The molecule has 3 aromatic rings. The van der Waals surface area contributed by atoms with Gasteiger partial charge >= 0.3 is 0 Å². The first-order valence-electron chi connectivity index (χ1n) is 10.0. The highest BCUT2D eigenvalue weighted by Gasteiger charge is 2.38. The quantitative estimate of drug-likeness (QED) is 0.425. The Balaban J connectivity index is 1.76. The number of Topliss-reactive ketones (excluding diaryl/α,β-unsaturated/α-hetero) is 1. The number of para-hydroxylation sites is 1. The molecule has 1 aromatic heterocycles. The van der Waals surface area contributed by atoms with Crippen LogP contribution in [0.3, 0.4) is 0 Å². The Labute approximate surface area is 174 Å². The number of likely N-dealkylation sites (tertiary alicyclic amines) is 1. The van der Waals surface area contributed by atoms with Gasteiger partial charge in [-0.1, -0.05) is 48.5 Å². The van der Waals surface area contributed by atoms with Crippen molar-refractivity contribution in [1.82, 2.24) is 9.88 Å². The van der Waals surface area contributed by atoms with Crippen molar-refractivity contribution >= 4 is 33.2 Å². The summed E-state index contributed by atoms with van der Waals surface area (Å²) in [6.07, 6.45) is 4.77. The van der Waals surface area contributed by atoms with E-state index in [2.05, 4.69) is 6.58 Å². The van der Waals surface area contributed by atoms with Gasteiger partial charge in [0, 0.05) is 18.7 Å². The number of piperidine rings is 1. The molecule has 1 saturated heterocycles. The van der Waals surface area contributed by atoms with Crippen molar-refractivity contribution < 1.29 is 9.59 Å². The van der Waals surface area contributed by atoms with Crippen LogP contribution in [0.5, 0.6) is 0 Å². The number of fused-ring (bicyclic) bond motifs is 1. The molecule has 4 rings (SSSR count). The molecule has 1 aliphatic rings. The minimum atomic E-state index is -0.646. The number of amides is 1. The number of hydrogen-bond acceptors (Lipinski definition) is 4. The zero-order valence-corrected chi connectivity index (χ0v) is 17.1. The highest BCUT2D eigenvalue weighted by molar-refractivity contribution is 7.18. The van der Waals surface area contributed by atoms with Crippen LogP contribution in [0.1, 0.15) is 40.5 Å². The van der Waals surface area contributed by atoms with E-state index in [9.17, 15) is 9.59 Å². The summed E-state index contributed by atoms with van der Waals surface area (Å²) in [6.45, 7) is 5.40. The number of allylic oxidation sites excluding steroid dienone is 1. The maximum Gasteiger partial charge on any atom is 0.233 e. The second-order valence-electron chi connectivity index (χ2n) is 7.38. The van der Waals surface area contributed by atoms with E-state index < -0.39 is 11.8 Å². The van der Waals surface area contributed by atoms with Crippen LogP contribution in [-0.4, -0.2) is 34.7 Å². The zero-order chi connectivity index (χ0) is 20.2. The smallest absolute Gasteiger partial charge is 0.233 e. The average Bonchev–Trinajstić information content (AvgIpc) is 3.21. The lowest BCUT2D eigenvalue weighted by Gasteiger charge is -2.32. The van der Waals surface area contributed by atoms with Crippen LogP contribution in [-0.2, 0) is 4.79 Å². The van der Waals surface area contributed by atoms with Crippen molar-refractivity contribution in [2.75, 3.05) is 13.1 Å². The standard InChI is InChI=1S/C24H24N2O2S/c1-2-18(22(27)17-11-5-3-6-12-17)21(24(28)26-15-9-4-10-16-26)23-25-19-13-7-8-14-20(19)29-23/h2-3,5-8,11-14,18,21H,1,4,9-10,15-16H2/t18-,21-/m0/s1. The maximum absolute atomic E-state index is 13.6. The van der Waals surface area contributed by atoms with Gasteiger partial charge in [-0.15, -0.1) is 17.9 Å². The molecule has 4 nitrogen and oxygen atoms in total. The summed E-state index contributed by atoms with van der Waals surface area (Å²) in [6, 6.07) is 17.0. The van der Waals surface area contributed by atoms with Crippen LogP contribution < -0.4 is 0 Å². The van der Waals surface area contributed by atoms with Crippen molar-refractivity contribution in [3.8, 4) is 0 Å². The van der Waals surface area contributed by atoms with Crippen LogP contribution in [0.15, 0.2) is 67.3 Å². The molecule has 1 amide bonds. The molecule has 0 radical (unpaired) electrons. The Morgan fingerprint density at radius 3 is 2.38 bits per heavy atom. The summed E-state index contributed by atoms with van der Waals surface area (Å²) in [5, 5.41) is 0.691. The lowest BCUT2D eigenvalue weighted by Crippen LogP contribution is -2.42. The molecule has 0 spiro atoms. The second kappa shape index (κ2) is 8.70. The highest BCUT2D eigenvalue weighted by Crippen LogP contribution is 2.36. The Kier molecular flexibility index (Phi) is 5.86. The second-order valence-corrected chi connectivity index (χ2v) is 8.44. The molecule has 0 aliphatic carbocycles. The molecule has 0 bridgehead atoms. The van der Waals surface area contributed by atoms with Gasteiger partial charge in [0.2, 0.25) is 5.91 Å². The molecule has 1 fully saturated rings. The van der Waals surface area contributed by atoms with Gasteiger partial charge in [0.15, 0.2) is 5.78 Å². The van der Waals surface area contributed by atoms with Gasteiger partial charge < -0.3 is 4.90 Å². The first-order valence-corrected chi connectivity index (χ1v) is 10.9. The fourth-order valence-corrected chi connectivity index (χ4v) is 5.04. The summed E-state index contributed by atoms with van der Waals surface area (Å²) < 4.78 is 1.02. The highest BCUT2D eigenvalue weighted by atomic mass is 32.1. The van der Waals surface area contributed by atoms with Crippen LogP contribution in [0.25, 0.3) is 10.2 Å². The maximum atomic E-state index is 13.6. The average molecular weight is 405 g/mol. The number of benzene rings is 2. The number of thiazole rings is 1. The Hall–Kier alpha value is -2.79. The van der Waals surface area contributed by atoms with E-state index in [4.69, 9.17) is 4.98 Å². The van der Waals surface area contributed by atoms with Gasteiger partial charge in [-0.2, -0.15) is 0 Å². The molecule has 29 heavy (non-hydrogen) atoms. The van der Waals surface area contributed by atoms with Gasteiger partial charge in [0.25, 0.3) is 0 Å². The summed E-state index contributed by atoms with van der Waals surface area (Å²) in [5.74, 6) is -1.39. The number of nitrogens with zero attached hydrogens (tertiary/aromatic N) is 2. The number of hydrogen-bond donors (Lipinski definition) is 0. The molecular formula is C24H24N2O2S. The van der Waals surface area contributed by atoms with Gasteiger partial charge in [0.1, 0.15) is 10.9 Å². The normalized spacial score (nSPS) is 16.3. The van der Waals surface area contributed by atoms with Crippen LogP contribution in [0.2, 0.25) is 0 Å². The third-order valence-electron chi connectivity index (χ3n) is 5.48. The SMILES string of the molecule is C=C[C@H](C(=O)c1ccccc1)[C@H](C(=O)N1CCCCC1)c1nc2ccccc2s1. The molecule has 2 aromatic carbocycles. The number of carbonyl (C=O) groups is 2. The van der Waals surface area contributed by atoms with E-state index in [1.165, 1.54) is 11.3 Å². The summed E-state index contributed by atoms with van der Waals surface area (Å²) in [4.78, 5) is 33.6. The summed E-state index contributed by atoms with van der Waals surface area (Å²) in [7, 11) is 0. The van der Waals surface area contributed by atoms with Crippen LogP contribution >= 0.6 is 11.3 Å². The lowest BCUT2D eigenvalue weighted by atomic mass is 9.84. The Bertz CT molecular complexity index is 989.